The quantitative estimate of drug-likeness (QED) is 0.619. The summed E-state index contributed by atoms with van der Waals surface area (Å²) in [5, 5.41) is 11.7. The fourth-order valence-corrected chi connectivity index (χ4v) is 5.57. The highest BCUT2D eigenvalue weighted by Gasteiger charge is 2.49. The van der Waals surface area contributed by atoms with E-state index in [0.29, 0.717) is 0 Å². The molecule has 1 N–H and O–H groups in total. The van der Waals surface area contributed by atoms with Crippen LogP contribution in [0, 0.1) is 11.3 Å². The highest BCUT2D eigenvalue weighted by atomic mass is 32.2. The molecule has 1 unspecified atom stereocenters. The van der Waals surface area contributed by atoms with Gasteiger partial charge in [-0.25, -0.2) is 14.5 Å². The van der Waals surface area contributed by atoms with E-state index in [4.69, 9.17) is 0 Å². The lowest BCUT2D eigenvalue weighted by Crippen LogP contribution is -2.55. The Kier molecular flexibility index (Phi) is 6.92. The van der Waals surface area contributed by atoms with Crippen molar-refractivity contribution in [1.82, 2.24) is 10.2 Å². The lowest BCUT2D eigenvalue weighted by atomic mass is 9.92. The number of nitrogens with one attached hydrogen (secondary N) is 1. The van der Waals surface area contributed by atoms with Gasteiger partial charge in [-0.1, -0.05) is 19.1 Å². The number of halogens is 3. The van der Waals surface area contributed by atoms with Crippen LogP contribution in [0.5, 0.6) is 0 Å². The number of urea groups is 2. The number of Topliss-reactive ketones (excluding diaryl/α,β-unsaturated/α-hetero) is 1. The second-order valence-corrected chi connectivity index (χ2v) is 9.98. The molecule has 0 spiro atoms. The van der Waals surface area contributed by atoms with E-state index in [0.717, 1.165) is 28.0 Å². The number of rotatable bonds is 4. The van der Waals surface area contributed by atoms with E-state index in [1.807, 2.05) is 6.07 Å². The van der Waals surface area contributed by atoms with E-state index in [2.05, 4.69) is 5.32 Å². The van der Waals surface area contributed by atoms with Crippen LogP contribution in [-0.4, -0.2) is 39.8 Å². The fourth-order valence-electron chi connectivity index (χ4n) is 4.56. The predicted octanol–water partition coefficient (Wildman–Crippen LogP) is 4.64. The molecule has 0 bridgehead atoms. The molecule has 0 radical (unpaired) electrons. The van der Waals surface area contributed by atoms with Gasteiger partial charge in [-0.05, 0) is 42.3 Å². The van der Waals surface area contributed by atoms with Crippen molar-refractivity contribution in [2.75, 3.05) is 17.7 Å². The van der Waals surface area contributed by atoms with Crippen molar-refractivity contribution in [2.24, 2.45) is 0 Å². The first-order valence-electron chi connectivity index (χ1n) is 11.2. The topological polar surface area (TPSA) is 111 Å². The third kappa shape index (κ3) is 4.51. The minimum Gasteiger partial charge on any atom is -0.341 e. The molecule has 4 amide bonds. The summed E-state index contributed by atoms with van der Waals surface area (Å²) >= 11 is 0. The van der Waals surface area contributed by atoms with Crippen molar-refractivity contribution in [2.45, 2.75) is 36.9 Å². The molecule has 0 aromatic heterocycles. The Morgan fingerprint density at radius 1 is 1.19 bits per heavy atom. The van der Waals surface area contributed by atoms with E-state index < -0.39 is 46.4 Å². The second-order valence-electron chi connectivity index (χ2n) is 8.28. The van der Waals surface area contributed by atoms with Crippen molar-refractivity contribution >= 4 is 34.3 Å². The standard InChI is InChI=1S/C25H21F3N4O4S/c1-3-37(36)20-11-14(13-29)7-8-17(20)22-21-18(9-10-19(21)33)31(24(35)32(22)23(34)30-2)16-6-4-5-15(12-16)25(26,27)28/h4-8,11-12,22H,3,9-10H2,1-2H3,(H,30,34)/t22-,37?/m1/s1. The first kappa shape index (κ1) is 26.1. The molecule has 2 atom stereocenters. The summed E-state index contributed by atoms with van der Waals surface area (Å²) in [6.45, 7) is 1.66. The average Bonchev–Trinajstić information content (AvgIpc) is 3.26. The first-order chi connectivity index (χ1) is 17.5. The average molecular weight is 531 g/mol. The summed E-state index contributed by atoms with van der Waals surface area (Å²) < 4.78 is 53.2. The number of carbonyl (C=O) groups excluding carboxylic acids is 3. The summed E-state index contributed by atoms with van der Waals surface area (Å²) in [6.07, 6.45) is -4.63. The summed E-state index contributed by atoms with van der Waals surface area (Å²) in [7, 11) is -0.358. The van der Waals surface area contributed by atoms with Crippen LogP contribution in [0.4, 0.5) is 28.4 Å². The van der Waals surface area contributed by atoms with E-state index in [9.17, 15) is 37.0 Å². The van der Waals surface area contributed by atoms with Crippen LogP contribution in [0.25, 0.3) is 0 Å². The largest absolute Gasteiger partial charge is 0.416 e. The number of anilines is 1. The van der Waals surface area contributed by atoms with E-state index >= 15 is 0 Å². The molecular formula is C25H21F3N4O4S. The van der Waals surface area contributed by atoms with Crippen molar-refractivity contribution in [1.29, 1.82) is 5.26 Å². The second kappa shape index (κ2) is 9.82. The predicted molar refractivity (Wildman–Crippen MR) is 128 cm³/mol. The van der Waals surface area contributed by atoms with Crippen LogP contribution >= 0.6 is 0 Å². The molecule has 8 nitrogen and oxygen atoms in total. The SMILES string of the molecule is CCS(=O)c1cc(C#N)ccc1[C@@H]1C2=C(CCC2=O)N(c2cccc(C(F)(F)F)c2)C(=O)N1C(=O)NC. The number of alkyl halides is 3. The monoisotopic (exact) mass is 530 g/mol. The number of nitrogens with zero attached hydrogens (tertiary/aromatic N) is 3. The Morgan fingerprint density at radius 3 is 2.54 bits per heavy atom. The van der Waals surface area contributed by atoms with Gasteiger partial charge in [-0.2, -0.15) is 18.4 Å². The number of amides is 4. The molecule has 0 fully saturated rings. The van der Waals surface area contributed by atoms with Crippen LogP contribution in [-0.2, 0) is 21.8 Å². The van der Waals surface area contributed by atoms with Crippen LogP contribution in [0.1, 0.15) is 42.5 Å². The minimum atomic E-state index is -4.68. The third-order valence-electron chi connectivity index (χ3n) is 6.21. The number of nitriles is 1. The molecule has 0 saturated carbocycles. The lowest BCUT2D eigenvalue weighted by molar-refractivity contribution is -0.137. The molecule has 1 heterocycles. The minimum absolute atomic E-state index is 0.0199. The Hall–Kier alpha value is -3.98. The molecule has 2 aromatic carbocycles. The molecular weight excluding hydrogens is 509 g/mol. The maximum atomic E-state index is 13.8. The zero-order valence-corrected chi connectivity index (χ0v) is 20.6. The summed E-state index contributed by atoms with van der Waals surface area (Å²) in [4.78, 5) is 42.0. The van der Waals surface area contributed by atoms with Gasteiger partial charge in [-0.15, -0.1) is 0 Å². The van der Waals surface area contributed by atoms with Gasteiger partial charge in [0.1, 0.15) is 0 Å². The van der Waals surface area contributed by atoms with Crippen LogP contribution < -0.4 is 10.2 Å². The Labute approximate surface area is 212 Å². The Balaban J connectivity index is 2.01. The Bertz CT molecular complexity index is 1410. The third-order valence-corrected chi connectivity index (χ3v) is 7.58. The maximum absolute atomic E-state index is 13.8. The van der Waals surface area contributed by atoms with Crippen molar-refractivity contribution in [3.63, 3.8) is 0 Å². The zero-order valence-electron chi connectivity index (χ0n) is 19.8. The Morgan fingerprint density at radius 2 is 1.92 bits per heavy atom. The van der Waals surface area contributed by atoms with Crippen LogP contribution in [0.15, 0.2) is 58.6 Å². The van der Waals surface area contributed by atoms with Gasteiger partial charge in [0.15, 0.2) is 5.78 Å². The van der Waals surface area contributed by atoms with Gasteiger partial charge >= 0.3 is 18.2 Å². The normalized spacial score (nSPS) is 18.5. The number of imide groups is 1. The fraction of sp³-hybridized carbons (Fsp3) is 0.280. The van der Waals surface area contributed by atoms with Gasteiger partial charge in [0.05, 0.1) is 39.7 Å². The number of hydrogen-bond acceptors (Lipinski definition) is 5. The molecule has 37 heavy (non-hydrogen) atoms. The molecule has 4 rings (SSSR count). The van der Waals surface area contributed by atoms with E-state index in [1.54, 1.807) is 6.92 Å². The summed E-state index contributed by atoms with van der Waals surface area (Å²) in [5.74, 6) is -0.227. The number of ketones is 1. The highest BCUT2D eigenvalue weighted by Crippen LogP contribution is 2.46. The molecule has 0 saturated heterocycles. The molecule has 192 valence electrons. The van der Waals surface area contributed by atoms with Crippen LogP contribution in [0.3, 0.4) is 0 Å². The van der Waals surface area contributed by atoms with Gasteiger partial charge in [0, 0.05) is 35.4 Å². The molecule has 2 aromatic rings. The highest BCUT2D eigenvalue weighted by molar-refractivity contribution is 7.85. The van der Waals surface area contributed by atoms with E-state index in [1.165, 1.54) is 31.3 Å². The van der Waals surface area contributed by atoms with Gasteiger partial charge < -0.3 is 5.32 Å². The number of allylic oxidation sites excluding steroid dienone is 1. The molecule has 1 aliphatic carbocycles. The number of hydrogen-bond donors (Lipinski definition) is 1. The smallest absolute Gasteiger partial charge is 0.341 e. The zero-order chi connectivity index (χ0) is 27.1. The molecule has 12 heteroatoms. The maximum Gasteiger partial charge on any atom is 0.416 e. The van der Waals surface area contributed by atoms with Gasteiger partial charge in [0.25, 0.3) is 0 Å². The summed E-state index contributed by atoms with van der Waals surface area (Å²) in [5.41, 5.74) is -0.483. The van der Waals surface area contributed by atoms with Gasteiger partial charge in [-0.3, -0.25) is 13.9 Å². The molecule has 1 aliphatic heterocycles. The summed E-state index contributed by atoms with van der Waals surface area (Å²) in [6, 6.07) is 7.15. The first-order valence-corrected chi connectivity index (χ1v) is 12.6. The van der Waals surface area contributed by atoms with Gasteiger partial charge in [0.2, 0.25) is 0 Å². The molecule has 2 aliphatic rings. The number of benzene rings is 2. The van der Waals surface area contributed by atoms with Crippen LogP contribution in [0.2, 0.25) is 0 Å². The lowest BCUT2D eigenvalue weighted by Gasteiger charge is -2.41. The van der Waals surface area contributed by atoms with Crippen molar-refractivity contribution < 1.29 is 31.8 Å². The van der Waals surface area contributed by atoms with Crippen molar-refractivity contribution in [3.05, 3.63) is 70.4 Å². The van der Waals surface area contributed by atoms with E-state index in [-0.39, 0.29) is 51.6 Å². The van der Waals surface area contributed by atoms with Crippen molar-refractivity contribution in [3.8, 4) is 6.07 Å². The number of carbonyl (C=O) groups is 3.